The second-order valence-corrected chi connectivity index (χ2v) is 5.22. The predicted octanol–water partition coefficient (Wildman–Crippen LogP) is 1.34. The SMILES string of the molecule is Oc1ccc(CNC2CCCN(c3ncccn3)C2)nc1. The third kappa shape index (κ3) is 3.66. The van der Waals surface area contributed by atoms with Crippen LogP contribution in [0, 0.1) is 0 Å². The van der Waals surface area contributed by atoms with Gasteiger partial charge in [-0.15, -0.1) is 0 Å². The zero-order valence-corrected chi connectivity index (χ0v) is 11.8. The smallest absolute Gasteiger partial charge is 0.225 e. The molecule has 0 spiro atoms. The fraction of sp³-hybridized carbons (Fsp3) is 0.400. The van der Waals surface area contributed by atoms with Gasteiger partial charge in [0.25, 0.3) is 0 Å². The van der Waals surface area contributed by atoms with E-state index < -0.39 is 0 Å². The molecule has 1 fully saturated rings. The van der Waals surface area contributed by atoms with Crippen LogP contribution < -0.4 is 10.2 Å². The highest BCUT2D eigenvalue weighted by Crippen LogP contribution is 2.15. The van der Waals surface area contributed by atoms with Crippen LogP contribution in [0.5, 0.6) is 5.75 Å². The molecule has 1 aliphatic rings. The van der Waals surface area contributed by atoms with E-state index >= 15 is 0 Å². The Morgan fingerprint density at radius 3 is 2.86 bits per heavy atom. The van der Waals surface area contributed by atoms with Crippen LogP contribution in [0.25, 0.3) is 0 Å². The number of piperidine rings is 1. The minimum atomic E-state index is 0.198. The van der Waals surface area contributed by atoms with E-state index in [0.29, 0.717) is 12.6 Å². The molecule has 1 unspecified atom stereocenters. The van der Waals surface area contributed by atoms with E-state index in [2.05, 4.69) is 25.2 Å². The number of hydrogen-bond donors (Lipinski definition) is 2. The highest BCUT2D eigenvalue weighted by atomic mass is 16.3. The molecule has 110 valence electrons. The lowest BCUT2D eigenvalue weighted by Crippen LogP contribution is -2.46. The lowest BCUT2D eigenvalue weighted by Gasteiger charge is -2.33. The van der Waals surface area contributed by atoms with Gasteiger partial charge in [0, 0.05) is 38.1 Å². The third-order valence-electron chi connectivity index (χ3n) is 3.64. The summed E-state index contributed by atoms with van der Waals surface area (Å²) >= 11 is 0. The van der Waals surface area contributed by atoms with Crippen molar-refractivity contribution in [2.45, 2.75) is 25.4 Å². The molecule has 1 saturated heterocycles. The molecular weight excluding hydrogens is 266 g/mol. The molecule has 6 nitrogen and oxygen atoms in total. The minimum absolute atomic E-state index is 0.198. The Hall–Kier alpha value is -2.21. The Balaban J connectivity index is 1.55. The molecule has 0 aromatic carbocycles. The van der Waals surface area contributed by atoms with Gasteiger partial charge in [0.1, 0.15) is 5.75 Å². The summed E-state index contributed by atoms with van der Waals surface area (Å²) in [7, 11) is 0. The van der Waals surface area contributed by atoms with Crippen LogP contribution >= 0.6 is 0 Å². The van der Waals surface area contributed by atoms with Crippen molar-refractivity contribution in [1.29, 1.82) is 0 Å². The van der Waals surface area contributed by atoms with Gasteiger partial charge in [0.05, 0.1) is 11.9 Å². The highest BCUT2D eigenvalue weighted by molar-refractivity contribution is 5.29. The maximum Gasteiger partial charge on any atom is 0.225 e. The van der Waals surface area contributed by atoms with Crippen LogP contribution in [-0.4, -0.2) is 39.2 Å². The minimum Gasteiger partial charge on any atom is -0.506 e. The van der Waals surface area contributed by atoms with Gasteiger partial charge in [0.2, 0.25) is 5.95 Å². The van der Waals surface area contributed by atoms with Crippen molar-refractivity contribution in [1.82, 2.24) is 20.3 Å². The number of hydrogen-bond acceptors (Lipinski definition) is 6. The third-order valence-corrected chi connectivity index (χ3v) is 3.64. The van der Waals surface area contributed by atoms with Gasteiger partial charge in [0.15, 0.2) is 0 Å². The normalized spacial score (nSPS) is 18.7. The van der Waals surface area contributed by atoms with Crippen molar-refractivity contribution in [2.24, 2.45) is 0 Å². The number of pyridine rings is 1. The first-order chi connectivity index (χ1) is 10.3. The van der Waals surface area contributed by atoms with Gasteiger partial charge < -0.3 is 15.3 Å². The molecule has 0 aliphatic carbocycles. The van der Waals surface area contributed by atoms with Crippen molar-refractivity contribution in [2.75, 3.05) is 18.0 Å². The molecule has 0 saturated carbocycles. The molecule has 0 bridgehead atoms. The zero-order valence-electron chi connectivity index (χ0n) is 11.8. The summed E-state index contributed by atoms with van der Waals surface area (Å²) in [4.78, 5) is 15.0. The van der Waals surface area contributed by atoms with E-state index in [1.54, 1.807) is 18.5 Å². The summed E-state index contributed by atoms with van der Waals surface area (Å²) in [6.45, 7) is 2.61. The fourth-order valence-electron chi connectivity index (χ4n) is 2.55. The molecule has 21 heavy (non-hydrogen) atoms. The molecule has 2 aromatic rings. The van der Waals surface area contributed by atoms with Gasteiger partial charge in [-0.2, -0.15) is 0 Å². The average Bonchev–Trinajstić information content (AvgIpc) is 2.55. The topological polar surface area (TPSA) is 74.2 Å². The summed E-state index contributed by atoms with van der Waals surface area (Å²) < 4.78 is 0. The van der Waals surface area contributed by atoms with Crippen LogP contribution in [-0.2, 0) is 6.54 Å². The van der Waals surface area contributed by atoms with E-state index in [-0.39, 0.29) is 5.75 Å². The Kier molecular flexibility index (Phi) is 4.25. The number of aromatic hydroxyl groups is 1. The number of anilines is 1. The number of nitrogens with one attached hydrogen (secondary N) is 1. The summed E-state index contributed by atoms with van der Waals surface area (Å²) in [5.74, 6) is 0.996. The second kappa shape index (κ2) is 6.49. The average molecular weight is 285 g/mol. The molecular formula is C15H19N5O. The van der Waals surface area contributed by atoms with Crippen molar-refractivity contribution < 1.29 is 5.11 Å². The fourth-order valence-corrected chi connectivity index (χ4v) is 2.55. The lowest BCUT2D eigenvalue weighted by molar-refractivity contribution is 0.415. The van der Waals surface area contributed by atoms with Gasteiger partial charge in [-0.05, 0) is 31.0 Å². The summed E-state index contributed by atoms with van der Waals surface area (Å²) in [5.41, 5.74) is 0.931. The van der Waals surface area contributed by atoms with Crippen LogP contribution in [0.15, 0.2) is 36.8 Å². The van der Waals surface area contributed by atoms with Gasteiger partial charge >= 0.3 is 0 Å². The first kappa shape index (κ1) is 13.8. The Bertz CT molecular complexity index is 560. The Labute approximate surface area is 123 Å². The predicted molar refractivity (Wildman–Crippen MR) is 80.0 cm³/mol. The molecule has 0 radical (unpaired) electrons. The molecule has 3 rings (SSSR count). The van der Waals surface area contributed by atoms with Gasteiger partial charge in [-0.25, -0.2) is 9.97 Å². The van der Waals surface area contributed by atoms with Crippen molar-refractivity contribution >= 4 is 5.95 Å². The van der Waals surface area contributed by atoms with E-state index in [0.717, 1.165) is 37.6 Å². The standard InChI is InChI=1S/C15H19N5O/c21-14-5-4-12(19-10-14)9-18-13-3-1-8-20(11-13)15-16-6-2-7-17-15/h2,4-7,10,13,18,21H,1,3,8-9,11H2. The van der Waals surface area contributed by atoms with Crippen LogP contribution in [0.4, 0.5) is 5.95 Å². The van der Waals surface area contributed by atoms with Gasteiger partial charge in [-0.3, -0.25) is 4.98 Å². The van der Waals surface area contributed by atoms with Crippen molar-refractivity contribution in [3.8, 4) is 5.75 Å². The monoisotopic (exact) mass is 285 g/mol. The molecule has 2 aromatic heterocycles. The maximum absolute atomic E-state index is 9.23. The molecule has 6 heteroatoms. The summed E-state index contributed by atoms with van der Waals surface area (Å²) in [6, 6.07) is 5.73. The van der Waals surface area contributed by atoms with Crippen LogP contribution in [0.1, 0.15) is 18.5 Å². The molecule has 3 heterocycles. The molecule has 1 aliphatic heterocycles. The van der Waals surface area contributed by atoms with Crippen LogP contribution in [0.2, 0.25) is 0 Å². The molecule has 1 atom stereocenters. The lowest BCUT2D eigenvalue weighted by atomic mass is 10.1. The van der Waals surface area contributed by atoms with E-state index in [9.17, 15) is 5.11 Å². The molecule has 0 amide bonds. The van der Waals surface area contributed by atoms with E-state index in [1.807, 2.05) is 12.1 Å². The summed E-state index contributed by atoms with van der Waals surface area (Å²) in [6.07, 6.45) is 7.29. The van der Waals surface area contributed by atoms with Crippen LogP contribution in [0.3, 0.4) is 0 Å². The number of rotatable bonds is 4. The number of nitrogens with zero attached hydrogens (tertiary/aromatic N) is 4. The van der Waals surface area contributed by atoms with E-state index in [4.69, 9.17) is 0 Å². The Morgan fingerprint density at radius 2 is 2.10 bits per heavy atom. The van der Waals surface area contributed by atoms with E-state index in [1.165, 1.54) is 6.20 Å². The molecule has 2 N–H and O–H groups in total. The highest BCUT2D eigenvalue weighted by Gasteiger charge is 2.21. The zero-order chi connectivity index (χ0) is 14.5. The van der Waals surface area contributed by atoms with Crippen molar-refractivity contribution in [3.05, 3.63) is 42.5 Å². The first-order valence-corrected chi connectivity index (χ1v) is 7.20. The van der Waals surface area contributed by atoms with Gasteiger partial charge in [-0.1, -0.05) is 0 Å². The second-order valence-electron chi connectivity index (χ2n) is 5.22. The summed E-state index contributed by atoms with van der Waals surface area (Å²) in [5, 5.41) is 12.7. The maximum atomic E-state index is 9.23. The van der Waals surface area contributed by atoms with Crippen molar-refractivity contribution in [3.63, 3.8) is 0 Å². The number of aromatic nitrogens is 3. The Morgan fingerprint density at radius 1 is 1.24 bits per heavy atom. The quantitative estimate of drug-likeness (QED) is 0.883. The first-order valence-electron chi connectivity index (χ1n) is 7.20. The largest absolute Gasteiger partial charge is 0.506 e.